The summed E-state index contributed by atoms with van der Waals surface area (Å²) in [7, 11) is 3.61. The molecule has 0 aliphatic rings. The van der Waals surface area contributed by atoms with Crippen LogP contribution in [0.15, 0.2) is 18.6 Å². The van der Waals surface area contributed by atoms with E-state index in [1.54, 1.807) is 28.8 Å². The quantitative estimate of drug-likeness (QED) is 0.653. The van der Waals surface area contributed by atoms with Crippen molar-refractivity contribution in [3.8, 4) is 11.3 Å². The maximum atomic E-state index is 10.7. The zero-order chi connectivity index (χ0) is 10.1. The summed E-state index contributed by atoms with van der Waals surface area (Å²) >= 11 is 0. The van der Waals surface area contributed by atoms with E-state index in [1.807, 2.05) is 13.2 Å². The van der Waals surface area contributed by atoms with Crippen molar-refractivity contribution >= 4 is 6.29 Å². The Bertz CT molecular complexity index is 469. The first-order valence-electron chi connectivity index (χ1n) is 4.18. The van der Waals surface area contributed by atoms with Crippen LogP contribution in [0.1, 0.15) is 10.4 Å². The molecule has 0 radical (unpaired) electrons. The first-order chi connectivity index (χ1) is 6.70. The van der Waals surface area contributed by atoms with E-state index in [0.29, 0.717) is 11.3 Å². The van der Waals surface area contributed by atoms with Gasteiger partial charge in [-0.05, 0) is 0 Å². The number of rotatable bonds is 2. The molecule has 0 amide bonds. The van der Waals surface area contributed by atoms with Gasteiger partial charge in [-0.15, -0.1) is 0 Å². The molecule has 0 saturated carbocycles. The van der Waals surface area contributed by atoms with E-state index in [1.165, 1.54) is 0 Å². The fraction of sp³-hybridized carbons (Fsp3) is 0.222. The Labute approximate surface area is 81.0 Å². The van der Waals surface area contributed by atoms with E-state index in [4.69, 9.17) is 0 Å². The van der Waals surface area contributed by atoms with Crippen LogP contribution in [-0.2, 0) is 14.1 Å². The number of aromatic nitrogens is 4. The molecule has 0 fully saturated rings. The molecule has 2 aromatic rings. The third-order valence-electron chi connectivity index (χ3n) is 1.96. The van der Waals surface area contributed by atoms with Crippen LogP contribution in [-0.4, -0.2) is 25.8 Å². The normalized spacial score (nSPS) is 10.4. The molecule has 0 saturated heterocycles. The highest BCUT2D eigenvalue weighted by Crippen LogP contribution is 2.19. The summed E-state index contributed by atoms with van der Waals surface area (Å²) in [6.07, 6.45) is 6.01. The van der Waals surface area contributed by atoms with Gasteiger partial charge in [0, 0.05) is 32.1 Å². The van der Waals surface area contributed by atoms with Crippen molar-refractivity contribution in [2.45, 2.75) is 0 Å². The van der Waals surface area contributed by atoms with Crippen LogP contribution in [0.2, 0.25) is 0 Å². The summed E-state index contributed by atoms with van der Waals surface area (Å²) in [6, 6.07) is 0. The second-order valence-electron chi connectivity index (χ2n) is 3.13. The van der Waals surface area contributed by atoms with Crippen molar-refractivity contribution in [3.63, 3.8) is 0 Å². The van der Waals surface area contributed by atoms with Gasteiger partial charge in [0.05, 0.1) is 11.8 Å². The third kappa shape index (κ3) is 1.32. The lowest BCUT2D eigenvalue weighted by molar-refractivity contribution is 0.112. The SMILES string of the molecule is Cn1cc(-c2nn(C)cc2C=O)cn1. The first kappa shape index (κ1) is 8.68. The van der Waals surface area contributed by atoms with Crippen LogP contribution >= 0.6 is 0 Å². The van der Waals surface area contributed by atoms with Crippen molar-refractivity contribution in [2.24, 2.45) is 14.1 Å². The number of aldehydes is 1. The summed E-state index contributed by atoms with van der Waals surface area (Å²) in [5, 5.41) is 8.23. The molecule has 5 nitrogen and oxygen atoms in total. The number of carbonyl (C=O) groups excluding carboxylic acids is 1. The molecule has 2 rings (SSSR count). The number of hydrogen-bond donors (Lipinski definition) is 0. The van der Waals surface area contributed by atoms with Gasteiger partial charge in [-0.25, -0.2) is 0 Å². The molecule has 2 aromatic heterocycles. The van der Waals surface area contributed by atoms with Crippen LogP contribution in [0.25, 0.3) is 11.3 Å². The Kier molecular flexibility index (Phi) is 1.92. The minimum Gasteiger partial charge on any atom is -0.298 e. The second kappa shape index (κ2) is 3.10. The number of nitrogens with zero attached hydrogens (tertiary/aromatic N) is 4. The van der Waals surface area contributed by atoms with Crippen molar-refractivity contribution in [3.05, 3.63) is 24.2 Å². The van der Waals surface area contributed by atoms with Crippen LogP contribution in [0.5, 0.6) is 0 Å². The largest absolute Gasteiger partial charge is 0.298 e. The lowest BCUT2D eigenvalue weighted by Crippen LogP contribution is -1.87. The maximum absolute atomic E-state index is 10.7. The molecule has 2 heterocycles. The van der Waals surface area contributed by atoms with Gasteiger partial charge in [0.25, 0.3) is 0 Å². The standard InChI is InChI=1S/C9H10N4O/c1-12-4-7(3-10-12)9-8(6-14)5-13(2)11-9/h3-6H,1-2H3. The summed E-state index contributed by atoms with van der Waals surface area (Å²) in [5.41, 5.74) is 2.12. The summed E-state index contributed by atoms with van der Waals surface area (Å²) in [5.74, 6) is 0. The molecule has 0 N–H and O–H groups in total. The lowest BCUT2D eigenvalue weighted by atomic mass is 10.2. The highest BCUT2D eigenvalue weighted by molar-refractivity contribution is 5.84. The molecule has 0 atom stereocenters. The molecular formula is C9H10N4O. The van der Waals surface area contributed by atoms with E-state index in [2.05, 4.69) is 10.2 Å². The molecule has 0 aromatic carbocycles. The Hall–Kier alpha value is -1.91. The van der Waals surface area contributed by atoms with Gasteiger partial charge in [-0.2, -0.15) is 10.2 Å². The van der Waals surface area contributed by atoms with Crippen LogP contribution in [0, 0.1) is 0 Å². The molecule has 0 unspecified atom stereocenters. The lowest BCUT2D eigenvalue weighted by Gasteiger charge is -1.89. The minimum absolute atomic E-state index is 0.584. The Morgan fingerprint density at radius 2 is 2.07 bits per heavy atom. The molecular weight excluding hydrogens is 180 g/mol. The van der Waals surface area contributed by atoms with Crippen LogP contribution < -0.4 is 0 Å². The number of aryl methyl sites for hydroxylation is 2. The van der Waals surface area contributed by atoms with Gasteiger partial charge in [0.2, 0.25) is 0 Å². The summed E-state index contributed by atoms with van der Waals surface area (Å²) in [6.45, 7) is 0. The molecule has 5 heteroatoms. The Balaban J connectivity index is 2.55. The second-order valence-corrected chi connectivity index (χ2v) is 3.13. The van der Waals surface area contributed by atoms with Gasteiger partial charge >= 0.3 is 0 Å². The van der Waals surface area contributed by atoms with Crippen molar-refractivity contribution in [2.75, 3.05) is 0 Å². The van der Waals surface area contributed by atoms with Gasteiger partial charge in [0.15, 0.2) is 6.29 Å². The molecule has 0 bridgehead atoms. The van der Waals surface area contributed by atoms with E-state index in [0.717, 1.165) is 11.8 Å². The molecule has 72 valence electrons. The Morgan fingerprint density at radius 3 is 2.64 bits per heavy atom. The van der Waals surface area contributed by atoms with Crippen molar-refractivity contribution < 1.29 is 4.79 Å². The van der Waals surface area contributed by atoms with E-state index < -0.39 is 0 Å². The smallest absolute Gasteiger partial charge is 0.153 e. The average molecular weight is 190 g/mol. The van der Waals surface area contributed by atoms with Crippen LogP contribution in [0.3, 0.4) is 0 Å². The highest BCUT2D eigenvalue weighted by Gasteiger charge is 2.10. The van der Waals surface area contributed by atoms with Gasteiger partial charge < -0.3 is 0 Å². The van der Waals surface area contributed by atoms with Gasteiger partial charge in [-0.3, -0.25) is 14.2 Å². The van der Waals surface area contributed by atoms with E-state index in [-0.39, 0.29) is 0 Å². The topological polar surface area (TPSA) is 52.7 Å². The molecule has 0 aliphatic heterocycles. The first-order valence-corrected chi connectivity index (χ1v) is 4.18. The maximum Gasteiger partial charge on any atom is 0.153 e. The zero-order valence-corrected chi connectivity index (χ0v) is 8.01. The van der Waals surface area contributed by atoms with Crippen LogP contribution in [0.4, 0.5) is 0 Å². The Morgan fingerprint density at radius 1 is 1.29 bits per heavy atom. The fourth-order valence-electron chi connectivity index (χ4n) is 1.36. The van der Waals surface area contributed by atoms with E-state index in [9.17, 15) is 4.79 Å². The summed E-state index contributed by atoms with van der Waals surface area (Å²) < 4.78 is 3.30. The predicted octanol–water partition coefficient (Wildman–Crippen LogP) is 0.633. The van der Waals surface area contributed by atoms with Crippen molar-refractivity contribution in [1.82, 2.24) is 19.6 Å². The van der Waals surface area contributed by atoms with E-state index >= 15 is 0 Å². The fourth-order valence-corrected chi connectivity index (χ4v) is 1.36. The van der Waals surface area contributed by atoms with Crippen molar-refractivity contribution in [1.29, 1.82) is 0 Å². The number of carbonyl (C=O) groups is 1. The van der Waals surface area contributed by atoms with Gasteiger partial charge in [0.1, 0.15) is 5.69 Å². The minimum atomic E-state index is 0.584. The average Bonchev–Trinajstić information content (AvgIpc) is 2.71. The highest BCUT2D eigenvalue weighted by atomic mass is 16.1. The monoisotopic (exact) mass is 190 g/mol. The zero-order valence-electron chi connectivity index (χ0n) is 8.01. The molecule has 0 spiro atoms. The molecule has 0 aliphatic carbocycles. The summed E-state index contributed by atoms with van der Waals surface area (Å²) in [4.78, 5) is 10.7. The third-order valence-corrected chi connectivity index (χ3v) is 1.96. The predicted molar refractivity (Wildman–Crippen MR) is 50.8 cm³/mol. The number of hydrogen-bond acceptors (Lipinski definition) is 3. The molecule has 14 heavy (non-hydrogen) atoms. The van der Waals surface area contributed by atoms with Gasteiger partial charge in [-0.1, -0.05) is 0 Å².